The Morgan fingerprint density at radius 1 is 1.27 bits per heavy atom. The molecule has 1 aromatic rings. The van der Waals surface area contributed by atoms with Crippen LogP contribution in [0.25, 0.3) is 0 Å². The lowest BCUT2D eigenvalue weighted by Crippen LogP contribution is -2.63. The number of carbonyl (C=O) groups is 3. The van der Waals surface area contributed by atoms with Crippen molar-refractivity contribution < 1.29 is 36.0 Å². The highest BCUT2D eigenvalue weighted by Gasteiger charge is 2.44. The molecule has 2 aliphatic heterocycles. The Morgan fingerprint density at radius 2 is 1.97 bits per heavy atom. The zero-order chi connectivity index (χ0) is 24.6. The minimum atomic E-state index is -4.63. The van der Waals surface area contributed by atoms with Crippen molar-refractivity contribution in [2.24, 2.45) is 5.73 Å². The highest BCUT2D eigenvalue weighted by molar-refractivity contribution is 7.89. The molecular formula is C19H24F3N5O5S. The van der Waals surface area contributed by atoms with Crippen molar-refractivity contribution in [3.63, 3.8) is 0 Å². The van der Waals surface area contributed by atoms with Crippen molar-refractivity contribution in [2.75, 3.05) is 31.1 Å². The van der Waals surface area contributed by atoms with E-state index in [1.807, 2.05) is 4.72 Å². The second-order valence-electron chi connectivity index (χ2n) is 7.84. The third-order valence-electron chi connectivity index (χ3n) is 5.60. The van der Waals surface area contributed by atoms with Crippen LogP contribution in [0.4, 0.5) is 18.9 Å². The molecule has 3 rings (SSSR count). The third-order valence-corrected chi connectivity index (χ3v) is 7.16. The number of nitrogens with one attached hydrogen (secondary N) is 2. The van der Waals surface area contributed by atoms with Gasteiger partial charge in [0.1, 0.15) is 6.04 Å². The normalized spacial score (nSPS) is 20.7. The standard InChI is InChI=1S/C19H24F3N5O5S/c1-11-12(27-8-3-6-15(27)28)4-2-5-13(11)33(31,32)25-16(17(23)29)18(30)26-9-7-24-14(10-26)19(20,21)22/h2,4-5,14,16,24-25H,3,6-10H2,1H3,(H2,23,29)/t14?,16-/m0/s1. The van der Waals surface area contributed by atoms with E-state index in [4.69, 9.17) is 5.73 Å². The lowest BCUT2D eigenvalue weighted by atomic mass is 10.1. The molecule has 0 aliphatic carbocycles. The molecule has 0 aromatic heterocycles. The van der Waals surface area contributed by atoms with E-state index in [1.165, 1.54) is 24.0 Å². The highest BCUT2D eigenvalue weighted by atomic mass is 32.2. The van der Waals surface area contributed by atoms with Gasteiger partial charge in [0.15, 0.2) is 6.04 Å². The molecule has 0 spiro atoms. The van der Waals surface area contributed by atoms with Gasteiger partial charge in [0.25, 0.3) is 5.91 Å². The fourth-order valence-electron chi connectivity index (χ4n) is 3.89. The van der Waals surface area contributed by atoms with E-state index in [9.17, 15) is 36.0 Å². The number of hydrogen-bond donors (Lipinski definition) is 3. The van der Waals surface area contributed by atoms with Gasteiger partial charge in [-0.3, -0.25) is 14.4 Å². The van der Waals surface area contributed by atoms with Crippen molar-refractivity contribution in [3.05, 3.63) is 23.8 Å². The number of hydrogen-bond acceptors (Lipinski definition) is 6. The van der Waals surface area contributed by atoms with Crippen molar-refractivity contribution in [3.8, 4) is 0 Å². The lowest BCUT2D eigenvalue weighted by Gasteiger charge is -2.36. The first kappa shape index (κ1) is 24.9. The van der Waals surface area contributed by atoms with Gasteiger partial charge in [0, 0.05) is 38.3 Å². The molecule has 2 atom stereocenters. The number of benzene rings is 1. The fourth-order valence-corrected chi connectivity index (χ4v) is 5.31. The van der Waals surface area contributed by atoms with Crippen LogP contribution in [0.1, 0.15) is 18.4 Å². The van der Waals surface area contributed by atoms with Crippen LogP contribution in [-0.4, -0.2) is 75.5 Å². The van der Waals surface area contributed by atoms with E-state index in [0.717, 1.165) is 4.90 Å². The predicted molar refractivity (Wildman–Crippen MR) is 110 cm³/mol. The van der Waals surface area contributed by atoms with Crippen molar-refractivity contribution in [2.45, 2.75) is 42.9 Å². The first-order chi connectivity index (χ1) is 15.3. The Labute approximate surface area is 188 Å². The Bertz CT molecular complexity index is 1060. The van der Waals surface area contributed by atoms with Gasteiger partial charge in [-0.2, -0.15) is 17.9 Å². The summed E-state index contributed by atoms with van der Waals surface area (Å²) < 4.78 is 67.1. The van der Waals surface area contributed by atoms with Crippen LogP contribution in [0.15, 0.2) is 23.1 Å². The van der Waals surface area contributed by atoms with Crippen molar-refractivity contribution in [1.82, 2.24) is 14.9 Å². The summed E-state index contributed by atoms with van der Waals surface area (Å²) in [6.07, 6.45) is -3.68. The number of sulfonamides is 1. The number of carbonyl (C=O) groups excluding carboxylic acids is 3. The lowest BCUT2D eigenvalue weighted by molar-refractivity contribution is -0.168. The van der Waals surface area contributed by atoms with Crippen LogP contribution in [0.3, 0.4) is 0 Å². The highest BCUT2D eigenvalue weighted by Crippen LogP contribution is 2.29. The summed E-state index contributed by atoms with van der Waals surface area (Å²) in [4.78, 5) is 38.7. The van der Waals surface area contributed by atoms with Gasteiger partial charge in [-0.05, 0) is 31.0 Å². The fraction of sp³-hybridized carbons (Fsp3) is 0.526. The Kier molecular flexibility index (Phi) is 7.00. The summed E-state index contributed by atoms with van der Waals surface area (Å²) in [6, 6.07) is 0.102. The summed E-state index contributed by atoms with van der Waals surface area (Å²) in [5, 5.41) is 2.22. The van der Waals surface area contributed by atoms with Crippen molar-refractivity contribution in [1.29, 1.82) is 0 Å². The molecule has 33 heavy (non-hydrogen) atoms. The van der Waals surface area contributed by atoms with Crippen LogP contribution in [-0.2, 0) is 24.4 Å². The van der Waals surface area contributed by atoms with E-state index in [0.29, 0.717) is 25.1 Å². The molecule has 182 valence electrons. The zero-order valence-electron chi connectivity index (χ0n) is 17.7. The van der Waals surface area contributed by atoms with Gasteiger partial charge in [-0.1, -0.05) is 6.07 Å². The smallest absolute Gasteiger partial charge is 0.368 e. The average Bonchev–Trinajstić information content (AvgIpc) is 3.16. The van der Waals surface area contributed by atoms with E-state index < -0.39 is 46.6 Å². The van der Waals surface area contributed by atoms with E-state index in [2.05, 4.69) is 5.32 Å². The second kappa shape index (κ2) is 9.27. The average molecular weight is 491 g/mol. The molecule has 4 N–H and O–H groups in total. The summed E-state index contributed by atoms with van der Waals surface area (Å²) in [5.41, 5.74) is 5.82. The van der Waals surface area contributed by atoms with Crippen molar-refractivity contribution >= 4 is 33.4 Å². The maximum absolute atomic E-state index is 13.0. The topological polar surface area (TPSA) is 142 Å². The summed E-state index contributed by atoms with van der Waals surface area (Å²) in [5.74, 6) is -2.69. The molecule has 2 fully saturated rings. The predicted octanol–water partition coefficient (Wildman–Crippen LogP) is -0.383. The van der Waals surface area contributed by atoms with E-state index in [-0.39, 0.29) is 29.5 Å². The van der Waals surface area contributed by atoms with Gasteiger partial charge in [-0.15, -0.1) is 0 Å². The molecular weight excluding hydrogens is 467 g/mol. The molecule has 2 heterocycles. The minimum absolute atomic E-state index is 0.163. The van der Waals surface area contributed by atoms with E-state index >= 15 is 0 Å². The molecule has 0 radical (unpaired) electrons. The largest absolute Gasteiger partial charge is 0.405 e. The van der Waals surface area contributed by atoms with Crippen LogP contribution < -0.4 is 20.7 Å². The number of piperazine rings is 1. The number of halogens is 3. The maximum atomic E-state index is 13.0. The molecule has 2 saturated heterocycles. The zero-order valence-corrected chi connectivity index (χ0v) is 18.5. The maximum Gasteiger partial charge on any atom is 0.405 e. The molecule has 10 nitrogen and oxygen atoms in total. The minimum Gasteiger partial charge on any atom is -0.368 e. The van der Waals surface area contributed by atoms with Crippen LogP contribution in [0.2, 0.25) is 0 Å². The van der Waals surface area contributed by atoms with Gasteiger partial charge < -0.3 is 20.9 Å². The van der Waals surface area contributed by atoms with Crippen LogP contribution in [0, 0.1) is 6.92 Å². The monoisotopic (exact) mass is 491 g/mol. The van der Waals surface area contributed by atoms with Crippen LogP contribution in [0.5, 0.6) is 0 Å². The SMILES string of the molecule is Cc1c(N2CCCC2=O)cccc1S(=O)(=O)N[C@@H](C(N)=O)C(=O)N1CCNC(C(F)(F)F)C1. The third kappa shape index (κ3) is 5.28. The second-order valence-corrected chi connectivity index (χ2v) is 9.52. The van der Waals surface area contributed by atoms with Crippen LogP contribution >= 0.6 is 0 Å². The van der Waals surface area contributed by atoms with E-state index in [1.54, 1.807) is 6.07 Å². The number of nitrogens with zero attached hydrogens (tertiary/aromatic N) is 2. The quantitative estimate of drug-likeness (QED) is 0.463. The number of anilines is 1. The summed E-state index contributed by atoms with van der Waals surface area (Å²) in [7, 11) is -4.50. The summed E-state index contributed by atoms with van der Waals surface area (Å²) >= 11 is 0. The number of amides is 3. The van der Waals surface area contributed by atoms with Gasteiger partial charge in [-0.25, -0.2) is 8.42 Å². The first-order valence-corrected chi connectivity index (χ1v) is 11.6. The molecule has 0 bridgehead atoms. The van der Waals surface area contributed by atoms with Gasteiger partial charge >= 0.3 is 6.18 Å². The Morgan fingerprint density at radius 3 is 2.55 bits per heavy atom. The van der Waals surface area contributed by atoms with Gasteiger partial charge in [0.2, 0.25) is 21.8 Å². The molecule has 1 aromatic carbocycles. The Balaban J connectivity index is 1.86. The first-order valence-electron chi connectivity index (χ1n) is 10.1. The number of primary amides is 1. The molecule has 3 amide bonds. The van der Waals surface area contributed by atoms with Gasteiger partial charge in [0.05, 0.1) is 4.90 Å². The molecule has 1 unspecified atom stereocenters. The number of nitrogens with two attached hydrogens (primary N) is 1. The number of rotatable bonds is 6. The summed E-state index contributed by atoms with van der Waals surface area (Å²) in [6.45, 7) is 0.740. The molecule has 0 saturated carbocycles. The Hall–Kier alpha value is -2.71. The number of alkyl halides is 3. The molecule has 14 heteroatoms. The molecule has 2 aliphatic rings.